The molecule has 0 amide bonds. The number of sulfonamides is 1. The van der Waals surface area contributed by atoms with Gasteiger partial charge in [0.15, 0.2) is 5.76 Å². The van der Waals surface area contributed by atoms with Crippen LogP contribution >= 0.6 is 0 Å². The van der Waals surface area contributed by atoms with Crippen LogP contribution in [0.2, 0.25) is 0 Å². The van der Waals surface area contributed by atoms with E-state index in [-0.39, 0.29) is 18.3 Å². The van der Waals surface area contributed by atoms with E-state index in [1.165, 1.54) is 22.7 Å². The number of nitrogens with zero attached hydrogens (tertiary/aromatic N) is 2. The predicted octanol–water partition coefficient (Wildman–Crippen LogP) is 5.96. The van der Waals surface area contributed by atoms with Crippen LogP contribution in [-0.2, 0) is 16.6 Å². The number of halogens is 1. The number of hydrogen-bond donors (Lipinski definition) is 0. The highest BCUT2D eigenvalue weighted by Gasteiger charge is 2.32. The van der Waals surface area contributed by atoms with Crippen molar-refractivity contribution in [3.8, 4) is 23.1 Å². The van der Waals surface area contributed by atoms with Gasteiger partial charge >= 0.3 is 0 Å². The molecular formula is C27H23FN2O4S. The van der Waals surface area contributed by atoms with Gasteiger partial charge in [-0.3, -0.25) is 4.31 Å². The fourth-order valence-electron chi connectivity index (χ4n) is 4.28. The van der Waals surface area contributed by atoms with Crippen molar-refractivity contribution in [2.45, 2.75) is 25.3 Å². The fraction of sp³-hybridized carbons (Fsp3) is 0.222. The van der Waals surface area contributed by atoms with E-state index in [2.05, 4.69) is 6.07 Å². The molecule has 1 fully saturated rings. The third-order valence-corrected chi connectivity index (χ3v) is 7.35. The first-order valence-corrected chi connectivity index (χ1v) is 13.0. The third-order valence-electron chi connectivity index (χ3n) is 6.23. The highest BCUT2D eigenvalue weighted by atomic mass is 32.2. The summed E-state index contributed by atoms with van der Waals surface area (Å²) in [6.07, 6.45) is 3.08. The summed E-state index contributed by atoms with van der Waals surface area (Å²) in [7, 11) is -2.06. The Balaban J connectivity index is 1.66. The minimum atomic E-state index is -3.64. The quantitative estimate of drug-likeness (QED) is 0.319. The van der Waals surface area contributed by atoms with Gasteiger partial charge in [0.05, 0.1) is 25.6 Å². The van der Waals surface area contributed by atoms with Gasteiger partial charge in [0.2, 0.25) is 10.0 Å². The van der Waals surface area contributed by atoms with Gasteiger partial charge in [0.25, 0.3) is 0 Å². The van der Waals surface area contributed by atoms with E-state index < -0.39 is 10.0 Å². The van der Waals surface area contributed by atoms with Gasteiger partial charge < -0.3 is 9.15 Å². The summed E-state index contributed by atoms with van der Waals surface area (Å²) in [5.41, 5.74) is 3.56. The number of rotatable bonds is 7. The largest absolute Gasteiger partial charge is 0.497 e. The SMILES string of the molecule is COc1ccc(CN(c2cc3oc(-c4ccc(F)cc4)c(C#N)c3cc2C2CC2)S(C)(=O)=O)cc1. The molecule has 5 rings (SSSR count). The van der Waals surface area contributed by atoms with Gasteiger partial charge in [-0.05, 0) is 72.4 Å². The number of anilines is 1. The number of ether oxygens (including phenoxy) is 1. The lowest BCUT2D eigenvalue weighted by Gasteiger charge is -2.25. The molecule has 0 atom stereocenters. The molecule has 0 spiro atoms. The average molecular weight is 491 g/mol. The molecule has 4 aromatic rings. The van der Waals surface area contributed by atoms with E-state index in [1.807, 2.05) is 18.2 Å². The van der Waals surface area contributed by atoms with Crippen LogP contribution < -0.4 is 9.04 Å². The summed E-state index contributed by atoms with van der Waals surface area (Å²) in [5.74, 6) is 0.851. The first kappa shape index (κ1) is 22.9. The van der Waals surface area contributed by atoms with Crippen LogP contribution in [0, 0.1) is 17.1 Å². The van der Waals surface area contributed by atoms with Crippen molar-refractivity contribution in [3.63, 3.8) is 0 Å². The fourth-order valence-corrected chi connectivity index (χ4v) is 5.18. The summed E-state index contributed by atoms with van der Waals surface area (Å²) in [6, 6.07) is 18.8. The number of benzene rings is 3. The molecule has 0 aliphatic heterocycles. The molecule has 8 heteroatoms. The molecule has 0 unspecified atom stereocenters. The molecule has 3 aromatic carbocycles. The molecule has 1 aliphatic rings. The van der Waals surface area contributed by atoms with E-state index in [1.54, 1.807) is 37.4 Å². The molecule has 6 nitrogen and oxygen atoms in total. The monoisotopic (exact) mass is 490 g/mol. The minimum absolute atomic E-state index is 0.144. The molecule has 35 heavy (non-hydrogen) atoms. The Labute approximate surface area is 203 Å². The Morgan fingerprint density at radius 2 is 1.80 bits per heavy atom. The minimum Gasteiger partial charge on any atom is -0.497 e. The summed E-state index contributed by atoms with van der Waals surface area (Å²) in [5, 5.41) is 10.5. The van der Waals surface area contributed by atoms with Crippen LogP contribution in [0.15, 0.2) is 65.1 Å². The van der Waals surface area contributed by atoms with E-state index in [9.17, 15) is 18.1 Å². The molecule has 0 radical (unpaired) electrons. The first-order valence-electron chi connectivity index (χ1n) is 11.2. The molecule has 1 heterocycles. The van der Waals surface area contributed by atoms with Crippen LogP contribution in [-0.4, -0.2) is 21.8 Å². The van der Waals surface area contributed by atoms with Crippen LogP contribution in [0.1, 0.15) is 35.4 Å². The zero-order valence-corrected chi connectivity index (χ0v) is 20.1. The van der Waals surface area contributed by atoms with Crippen molar-refractivity contribution in [3.05, 3.63) is 83.2 Å². The number of furan rings is 1. The van der Waals surface area contributed by atoms with Gasteiger partial charge in [0, 0.05) is 17.0 Å². The smallest absolute Gasteiger partial charge is 0.232 e. The van der Waals surface area contributed by atoms with Gasteiger partial charge in [-0.2, -0.15) is 5.26 Å². The third kappa shape index (κ3) is 4.47. The lowest BCUT2D eigenvalue weighted by molar-refractivity contribution is 0.414. The maximum atomic E-state index is 13.4. The van der Waals surface area contributed by atoms with Crippen LogP contribution in [0.4, 0.5) is 10.1 Å². The first-order chi connectivity index (χ1) is 16.8. The highest BCUT2D eigenvalue weighted by molar-refractivity contribution is 7.92. The highest BCUT2D eigenvalue weighted by Crippen LogP contribution is 2.48. The molecule has 0 bridgehead atoms. The second-order valence-corrected chi connectivity index (χ2v) is 10.6. The lowest BCUT2D eigenvalue weighted by atomic mass is 10.0. The molecule has 1 aliphatic carbocycles. The summed E-state index contributed by atoms with van der Waals surface area (Å²) in [4.78, 5) is 0. The normalized spacial score (nSPS) is 13.5. The number of fused-ring (bicyclic) bond motifs is 1. The zero-order chi connectivity index (χ0) is 24.7. The van der Waals surface area contributed by atoms with Crippen LogP contribution in [0.3, 0.4) is 0 Å². The van der Waals surface area contributed by atoms with Crippen molar-refractivity contribution in [2.24, 2.45) is 0 Å². The van der Waals surface area contributed by atoms with Gasteiger partial charge in [-0.25, -0.2) is 12.8 Å². The molecule has 178 valence electrons. The topological polar surface area (TPSA) is 83.5 Å². The molecule has 1 aromatic heterocycles. The van der Waals surface area contributed by atoms with E-state index in [4.69, 9.17) is 9.15 Å². The molecule has 0 N–H and O–H groups in total. The molecular weight excluding hydrogens is 467 g/mol. The summed E-state index contributed by atoms with van der Waals surface area (Å²) in [6.45, 7) is 0.144. The Kier molecular flexibility index (Phi) is 5.73. The number of hydrogen-bond acceptors (Lipinski definition) is 5. The van der Waals surface area contributed by atoms with E-state index in [0.717, 1.165) is 24.0 Å². The molecule has 1 saturated carbocycles. The lowest BCUT2D eigenvalue weighted by Crippen LogP contribution is -2.30. The Morgan fingerprint density at radius 3 is 2.37 bits per heavy atom. The van der Waals surface area contributed by atoms with Gasteiger partial charge in [-0.1, -0.05) is 12.1 Å². The second kappa shape index (κ2) is 8.75. The van der Waals surface area contributed by atoms with E-state index in [0.29, 0.717) is 39.3 Å². The maximum absolute atomic E-state index is 13.4. The van der Waals surface area contributed by atoms with Crippen molar-refractivity contribution < 1.29 is 22.0 Å². The summed E-state index contributed by atoms with van der Waals surface area (Å²) >= 11 is 0. The Hall–Kier alpha value is -3.83. The van der Waals surface area contributed by atoms with Crippen molar-refractivity contribution in [1.82, 2.24) is 0 Å². The van der Waals surface area contributed by atoms with E-state index >= 15 is 0 Å². The van der Waals surface area contributed by atoms with Crippen LogP contribution in [0.25, 0.3) is 22.3 Å². The predicted molar refractivity (Wildman–Crippen MR) is 132 cm³/mol. The second-order valence-electron chi connectivity index (χ2n) is 8.72. The van der Waals surface area contributed by atoms with Crippen LogP contribution in [0.5, 0.6) is 5.75 Å². The van der Waals surface area contributed by atoms with Gasteiger partial charge in [-0.15, -0.1) is 0 Å². The standard InChI is InChI=1S/C27H23FN2O4S/c1-33-21-11-3-17(4-12-21)16-30(35(2,31)32)25-14-26-23(13-22(25)18-5-6-18)24(15-29)27(34-26)19-7-9-20(28)10-8-19/h3-4,7-14,18H,5-6,16H2,1-2H3. The van der Waals surface area contributed by atoms with Crippen molar-refractivity contribution in [1.29, 1.82) is 5.26 Å². The van der Waals surface area contributed by atoms with Gasteiger partial charge in [0.1, 0.15) is 28.8 Å². The molecule has 0 saturated heterocycles. The number of nitriles is 1. The Morgan fingerprint density at radius 1 is 1.11 bits per heavy atom. The zero-order valence-electron chi connectivity index (χ0n) is 19.3. The number of methoxy groups -OCH3 is 1. The maximum Gasteiger partial charge on any atom is 0.232 e. The Bertz CT molecular complexity index is 1550. The average Bonchev–Trinajstić information content (AvgIpc) is 3.62. The summed E-state index contributed by atoms with van der Waals surface area (Å²) < 4.78 is 52.0. The van der Waals surface area contributed by atoms with Crippen molar-refractivity contribution >= 4 is 26.7 Å². The van der Waals surface area contributed by atoms with Crippen molar-refractivity contribution in [2.75, 3.05) is 17.7 Å².